The zero-order valence-electron chi connectivity index (χ0n) is 14.5. The Morgan fingerprint density at radius 3 is 2.64 bits per heavy atom. The maximum Gasteiger partial charge on any atom is 0.298 e. The molecule has 0 spiro atoms. The smallest absolute Gasteiger partial charge is 0.298 e. The van der Waals surface area contributed by atoms with Gasteiger partial charge in [0.1, 0.15) is 0 Å². The highest BCUT2D eigenvalue weighted by atomic mass is 16.5. The van der Waals surface area contributed by atoms with Gasteiger partial charge in [0.25, 0.3) is 6.47 Å². The van der Waals surface area contributed by atoms with E-state index in [0.29, 0.717) is 18.9 Å². The third kappa shape index (κ3) is 3.27. The fourth-order valence-corrected chi connectivity index (χ4v) is 4.35. The first-order chi connectivity index (χ1) is 12.2. The van der Waals surface area contributed by atoms with Gasteiger partial charge < -0.3 is 15.6 Å². The van der Waals surface area contributed by atoms with Crippen molar-refractivity contribution in [3.63, 3.8) is 0 Å². The first-order valence-corrected chi connectivity index (χ1v) is 8.91. The summed E-state index contributed by atoms with van der Waals surface area (Å²) in [6.45, 7) is 3.11. The fourth-order valence-electron chi connectivity index (χ4n) is 4.35. The van der Waals surface area contributed by atoms with E-state index in [1.54, 1.807) is 6.07 Å². The molecule has 0 heterocycles. The number of nitrogens with two attached hydrogens (primary N) is 1. The van der Waals surface area contributed by atoms with Crippen LogP contribution in [0.25, 0.3) is 0 Å². The van der Waals surface area contributed by atoms with Crippen molar-refractivity contribution < 1.29 is 14.6 Å². The van der Waals surface area contributed by atoms with Crippen molar-refractivity contribution in [1.29, 1.82) is 0 Å². The van der Waals surface area contributed by atoms with Gasteiger partial charge in [0, 0.05) is 5.56 Å². The lowest BCUT2D eigenvalue weighted by Gasteiger charge is -2.40. The van der Waals surface area contributed by atoms with Crippen LogP contribution in [0.1, 0.15) is 48.3 Å². The van der Waals surface area contributed by atoms with E-state index in [1.165, 1.54) is 5.56 Å². The molecule has 25 heavy (non-hydrogen) atoms. The highest BCUT2D eigenvalue weighted by Crippen LogP contribution is 2.50. The molecule has 0 amide bonds. The maximum atomic E-state index is 10.9. The van der Waals surface area contributed by atoms with Gasteiger partial charge in [-0.15, -0.1) is 0 Å². The average molecular weight is 339 g/mol. The number of carbonyl (C=O) groups is 1. The van der Waals surface area contributed by atoms with Gasteiger partial charge in [0.2, 0.25) is 0 Å². The second-order valence-corrected chi connectivity index (χ2v) is 6.71. The van der Waals surface area contributed by atoms with Gasteiger partial charge in [-0.05, 0) is 54.3 Å². The highest BCUT2D eigenvalue weighted by Gasteiger charge is 2.38. The van der Waals surface area contributed by atoms with Gasteiger partial charge in [-0.1, -0.05) is 49.7 Å². The topological polar surface area (TPSA) is 72.5 Å². The standard InChI is InChI=1S/C21H25NO3/c1-2-6-15-17(14-7-4-3-5-8-14)11-18-16(19(15)12-22)9-10-20(24)21(18)25-13-23/h3-5,7-10,13,15,17,19,24H,2,6,11-12,22H2,1H3. The van der Waals surface area contributed by atoms with Crippen LogP contribution in [0.5, 0.6) is 11.5 Å². The summed E-state index contributed by atoms with van der Waals surface area (Å²) < 4.78 is 5.14. The normalized spacial score (nSPS) is 22.2. The predicted molar refractivity (Wildman–Crippen MR) is 97.9 cm³/mol. The summed E-state index contributed by atoms with van der Waals surface area (Å²) in [5.41, 5.74) is 9.44. The molecule has 0 aliphatic heterocycles. The van der Waals surface area contributed by atoms with E-state index in [-0.39, 0.29) is 23.3 Å². The van der Waals surface area contributed by atoms with Crippen molar-refractivity contribution in [1.82, 2.24) is 0 Å². The van der Waals surface area contributed by atoms with E-state index in [9.17, 15) is 9.90 Å². The Hall–Kier alpha value is -2.33. The second kappa shape index (κ2) is 7.70. The molecule has 0 aromatic heterocycles. The molecule has 0 saturated carbocycles. The molecule has 3 unspecified atom stereocenters. The number of ether oxygens (including phenoxy) is 1. The van der Waals surface area contributed by atoms with Gasteiger partial charge >= 0.3 is 0 Å². The number of hydrogen-bond donors (Lipinski definition) is 2. The van der Waals surface area contributed by atoms with Crippen molar-refractivity contribution in [3.05, 3.63) is 59.2 Å². The van der Waals surface area contributed by atoms with Gasteiger partial charge in [0.15, 0.2) is 11.5 Å². The van der Waals surface area contributed by atoms with E-state index in [2.05, 4.69) is 31.2 Å². The molecule has 2 aromatic rings. The number of hydrogen-bond acceptors (Lipinski definition) is 4. The maximum absolute atomic E-state index is 10.9. The minimum Gasteiger partial charge on any atom is -0.504 e. The third-order valence-corrected chi connectivity index (χ3v) is 5.40. The summed E-state index contributed by atoms with van der Waals surface area (Å²) in [7, 11) is 0. The average Bonchev–Trinajstić information content (AvgIpc) is 2.64. The van der Waals surface area contributed by atoms with E-state index in [4.69, 9.17) is 10.5 Å². The van der Waals surface area contributed by atoms with E-state index in [0.717, 1.165) is 30.4 Å². The summed E-state index contributed by atoms with van der Waals surface area (Å²) in [5, 5.41) is 10.2. The number of aromatic hydroxyl groups is 1. The van der Waals surface area contributed by atoms with Crippen LogP contribution in [0, 0.1) is 5.92 Å². The van der Waals surface area contributed by atoms with Crippen molar-refractivity contribution in [3.8, 4) is 11.5 Å². The molecule has 0 fully saturated rings. The molecule has 3 atom stereocenters. The number of phenols is 1. The Kier molecular flexibility index (Phi) is 5.39. The van der Waals surface area contributed by atoms with Crippen molar-refractivity contribution in [2.45, 2.75) is 38.0 Å². The van der Waals surface area contributed by atoms with Crippen LogP contribution in [0.15, 0.2) is 42.5 Å². The molecule has 1 aliphatic rings. The summed E-state index contributed by atoms with van der Waals surface area (Å²) in [6.07, 6.45) is 2.92. The monoisotopic (exact) mass is 339 g/mol. The molecule has 3 N–H and O–H groups in total. The molecular formula is C21H25NO3. The van der Waals surface area contributed by atoms with Crippen LogP contribution in [0.3, 0.4) is 0 Å². The zero-order chi connectivity index (χ0) is 17.8. The summed E-state index contributed by atoms with van der Waals surface area (Å²) in [4.78, 5) is 10.9. The van der Waals surface area contributed by atoms with Gasteiger partial charge in [-0.25, -0.2) is 0 Å². The zero-order valence-corrected chi connectivity index (χ0v) is 14.5. The third-order valence-electron chi connectivity index (χ3n) is 5.40. The Bertz CT molecular complexity index is 729. The first kappa shape index (κ1) is 17.5. The van der Waals surface area contributed by atoms with Crippen molar-refractivity contribution in [2.75, 3.05) is 6.54 Å². The lowest BCUT2D eigenvalue weighted by molar-refractivity contribution is -0.120. The van der Waals surface area contributed by atoms with Crippen LogP contribution < -0.4 is 10.5 Å². The lowest BCUT2D eigenvalue weighted by atomic mass is 9.65. The summed E-state index contributed by atoms with van der Waals surface area (Å²) in [6, 6.07) is 14.0. The Morgan fingerprint density at radius 2 is 2.00 bits per heavy atom. The Labute approximate surface area is 148 Å². The van der Waals surface area contributed by atoms with Crippen LogP contribution in [0.4, 0.5) is 0 Å². The minimum absolute atomic E-state index is 0.00220. The SMILES string of the molecule is CCCC1C(c2ccccc2)Cc2c(ccc(O)c2OC=O)C1CN. The van der Waals surface area contributed by atoms with Crippen LogP contribution in [-0.2, 0) is 11.2 Å². The molecular weight excluding hydrogens is 314 g/mol. The Morgan fingerprint density at radius 1 is 1.24 bits per heavy atom. The number of fused-ring (bicyclic) bond motifs is 1. The molecule has 132 valence electrons. The Balaban J connectivity index is 2.14. The van der Waals surface area contributed by atoms with Crippen LogP contribution in [0.2, 0.25) is 0 Å². The number of carbonyl (C=O) groups excluding carboxylic acids is 1. The van der Waals surface area contributed by atoms with Crippen molar-refractivity contribution in [2.24, 2.45) is 11.7 Å². The molecule has 1 aliphatic carbocycles. The quantitative estimate of drug-likeness (QED) is 0.787. The molecule has 0 radical (unpaired) electrons. The van der Waals surface area contributed by atoms with Crippen molar-refractivity contribution >= 4 is 6.47 Å². The second-order valence-electron chi connectivity index (χ2n) is 6.71. The molecule has 2 aromatic carbocycles. The predicted octanol–water partition coefficient (Wildman–Crippen LogP) is 3.73. The molecule has 0 bridgehead atoms. The molecule has 3 rings (SSSR count). The largest absolute Gasteiger partial charge is 0.504 e. The van der Waals surface area contributed by atoms with Crippen LogP contribution in [-0.4, -0.2) is 18.1 Å². The molecule has 4 nitrogen and oxygen atoms in total. The van der Waals surface area contributed by atoms with Crippen LogP contribution >= 0.6 is 0 Å². The molecule has 0 saturated heterocycles. The van der Waals surface area contributed by atoms with E-state index in [1.807, 2.05) is 12.1 Å². The summed E-state index contributed by atoms with van der Waals surface area (Å²) in [5.74, 6) is 1.18. The van der Waals surface area contributed by atoms with E-state index < -0.39 is 0 Å². The van der Waals surface area contributed by atoms with Gasteiger partial charge in [0.05, 0.1) is 0 Å². The summed E-state index contributed by atoms with van der Waals surface area (Å²) >= 11 is 0. The number of phenolic OH excluding ortho intramolecular Hbond substituents is 1. The lowest BCUT2D eigenvalue weighted by Crippen LogP contribution is -2.33. The fraction of sp³-hybridized carbons (Fsp3) is 0.381. The number of rotatable bonds is 6. The van der Waals surface area contributed by atoms with Gasteiger partial charge in [-0.2, -0.15) is 0 Å². The van der Waals surface area contributed by atoms with Gasteiger partial charge in [-0.3, -0.25) is 4.79 Å². The minimum atomic E-state index is 0.00220. The molecule has 4 heteroatoms. The first-order valence-electron chi connectivity index (χ1n) is 8.91. The highest BCUT2D eigenvalue weighted by molar-refractivity contribution is 5.58. The van der Waals surface area contributed by atoms with E-state index >= 15 is 0 Å². The number of benzene rings is 2.